The highest BCUT2D eigenvalue weighted by Crippen LogP contribution is 2.46. The van der Waals surface area contributed by atoms with Crippen LogP contribution < -0.4 is 24.0 Å². The van der Waals surface area contributed by atoms with Crippen LogP contribution in [-0.4, -0.2) is 30.0 Å². The summed E-state index contributed by atoms with van der Waals surface area (Å²) in [5.41, 5.74) is 0.754. The number of carbonyl (C=O) groups excluding carboxylic acids is 1. The zero-order valence-electron chi connectivity index (χ0n) is 17.3. The molecule has 0 saturated heterocycles. The van der Waals surface area contributed by atoms with Gasteiger partial charge in [-0.25, -0.2) is 4.79 Å². The summed E-state index contributed by atoms with van der Waals surface area (Å²) in [5, 5.41) is 2.72. The number of hydrogen-bond donors (Lipinski definition) is 2. The molecule has 3 rings (SSSR count). The van der Waals surface area contributed by atoms with E-state index in [9.17, 15) is 4.79 Å². The average Bonchev–Trinajstić information content (AvgIpc) is 3.03. The first-order valence-corrected chi connectivity index (χ1v) is 13.8. The number of para-hydroxylation sites is 2. The lowest BCUT2D eigenvalue weighted by molar-refractivity contribution is 0.133. The molecule has 30 heavy (non-hydrogen) atoms. The minimum absolute atomic E-state index is 0.293. The van der Waals surface area contributed by atoms with Gasteiger partial charge in [0.1, 0.15) is 17.6 Å². The summed E-state index contributed by atoms with van der Waals surface area (Å²) in [6.45, 7) is 6.06. The van der Waals surface area contributed by atoms with E-state index in [4.69, 9.17) is 25.8 Å². The SMILES string of the molecule is CCP(=S)(CNSCNC(=O)Oc1cccc2c1OC(C)(C)C2)Oc1ccccc1. The zero-order chi connectivity index (χ0) is 21.6. The second-order valence-electron chi connectivity index (χ2n) is 7.48. The summed E-state index contributed by atoms with van der Waals surface area (Å²) >= 11 is 7.08. The number of fused-ring (bicyclic) bond motifs is 1. The van der Waals surface area contributed by atoms with Crippen LogP contribution in [-0.2, 0) is 18.2 Å². The molecule has 2 aromatic rings. The Kier molecular flexibility index (Phi) is 7.69. The predicted molar refractivity (Wildman–Crippen MR) is 126 cm³/mol. The van der Waals surface area contributed by atoms with E-state index < -0.39 is 12.4 Å². The van der Waals surface area contributed by atoms with E-state index in [1.807, 2.05) is 63.2 Å². The van der Waals surface area contributed by atoms with E-state index in [1.165, 1.54) is 11.9 Å². The Hall–Kier alpha value is -1.73. The first-order valence-electron chi connectivity index (χ1n) is 9.74. The normalized spacial score (nSPS) is 16.1. The van der Waals surface area contributed by atoms with Crippen molar-refractivity contribution in [2.75, 3.05) is 18.3 Å². The molecule has 1 amide bonds. The van der Waals surface area contributed by atoms with Gasteiger partial charge in [-0.05, 0) is 32.0 Å². The molecule has 2 N–H and O–H groups in total. The molecule has 0 spiro atoms. The number of ether oxygens (including phenoxy) is 2. The van der Waals surface area contributed by atoms with Gasteiger partial charge in [-0.2, -0.15) is 0 Å². The highest BCUT2D eigenvalue weighted by molar-refractivity contribution is 8.12. The predicted octanol–water partition coefficient (Wildman–Crippen LogP) is 5.13. The van der Waals surface area contributed by atoms with Gasteiger partial charge in [-0.3, -0.25) is 4.72 Å². The molecule has 162 valence electrons. The van der Waals surface area contributed by atoms with Gasteiger partial charge in [0.15, 0.2) is 11.5 Å². The molecule has 0 aromatic heterocycles. The van der Waals surface area contributed by atoms with Crippen LogP contribution in [0, 0.1) is 0 Å². The van der Waals surface area contributed by atoms with Gasteiger partial charge in [0.05, 0.1) is 12.2 Å². The number of nitrogens with one attached hydrogen (secondary N) is 2. The van der Waals surface area contributed by atoms with Gasteiger partial charge in [-0.1, -0.05) is 61.0 Å². The second kappa shape index (κ2) is 10.1. The van der Waals surface area contributed by atoms with Crippen molar-refractivity contribution in [3.05, 3.63) is 54.1 Å². The Balaban J connectivity index is 1.41. The maximum Gasteiger partial charge on any atom is 0.413 e. The van der Waals surface area contributed by atoms with Crippen molar-refractivity contribution in [3.8, 4) is 17.2 Å². The Morgan fingerprint density at radius 3 is 2.73 bits per heavy atom. The van der Waals surface area contributed by atoms with Crippen LogP contribution >= 0.6 is 18.2 Å². The van der Waals surface area contributed by atoms with Gasteiger partial charge in [-0.15, -0.1) is 0 Å². The second-order valence-corrected chi connectivity index (χ2v) is 13.1. The lowest BCUT2D eigenvalue weighted by Gasteiger charge is -2.22. The Labute approximate surface area is 187 Å². The van der Waals surface area contributed by atoms with Crippen LogP contribution in [0.5, 0.6) is 17.2 Å². The molecule has 9 heteroatoms. The van der Waals surface area contributed by atoms with Crippen molar-refractivity contribution in [1.82, 2.24) is 10.0 Å². The number of hydrogen-bond acceptors (Lipinski definition) is 7. The number of benzene rings is 2. The molecule has 6 nitrogen and oxygen atoms in total. The summed E-state index contributed by atoms with van der Waals surface area (Å²) in [7, 11) is 0. The summed E-state index contributed by atoms with van der Waals surface area (Å²) in [5.74, 6) is 2.21. The smallest absolute Gasteiger partial charge is 0.413 e. The first-order chi connectivity index (χ1) is 14.3. The van der Waals surface area contributed by atoms with Crippen molar-refractivity contribution in [2.45, 2.75) is 32.8 Å². The fraction of sp³-hybridized carbons (Fsp3) is 0.381. The van der Waals surface area contributed by atoms with Crippen LogP contribution in [0.15, 0.2) is 48.5 Å². The quantitative estimate of drug-likeness (QED) is 0.230. The van der Waals surface area contributed by atoms with E-state index in [1.54, 1.807) is 6.07 Å². The largest absolute Gasteiger partial charge is 0.483 e. The first kappa shape index (κ1) is 22.9. The van der Waals surface area contributed by atoms with Crippen molar-refractivity contribution in [1.29, 1.82) is 0 Å². The third-order valence-electron chi connectivity index (χ3n) is 4.45. The van der Waals surface area contributed by atoms with E-state index in [0.717, 1.165) is 23.9 Å². The van der Waals surface area contributed by atoms with Crippen molar-refractivity contribution < 1.29 is 18.8 Å². The van der Waals surface area contributed by atoms with Gasteiger partial charge in [0.25, 0.3) is 0 Å². The molecular formula is C21H27N2O4PS2. The fourth-order valence-electron chi connectivity index (χ4n) is 2.98. The third-order valence-corrected chi connectivity index (χ3v) is 8.83. The van der Waals surface area contributed by atoms with Crippen LogP contribution in [0.1, 0.15) is 26.3 Å². The molecule has 0 fully saturated rings. The van der Waals surface area contributed by atoms with Gasteiger partial charge >= 0.3 is 6.09 Å². The zero-order valence-corrected chi connectivity index (χ0v) is 19.9. The van der Waals surface area contributed by atoms with Crippen LogP contribution in [0.4, 0.5) is 4.79 Å². The van der Waals surface area contributed by atoms with Crippen molar-refractivity contribution in [3.63, 3.8) is 0 Å². The monoisotopic (exact) mass is 466 g/mol. The van der Waals surface area contributed by atoms with Crippen LogP contribution in [0.2, 0.25) is 0 Å². The van der Waals surface area contributed by atoms with E-state index in [0.29, 0.717) is 23.7 Å². The number of rotatable bonds is 9. The molecule has 0 bridgehead atoms. The lowest BCUT2D eigenvalue weighted by Crippen LogP contribution is -2.28. The summed E-state index contributed by atoms with van der Waals surface area (Å²) in [4.78, 5) is 12.2. The molecule has 1 atom stereocenters. The van der Waals surface area contributed by atoms with Crippen LogP contribution in [0.3, 0.4) is 0 Å². The fourth-order valence-corrected chi connectivity index (χ4v) is 6.08. The minimum atomic E-state index is -2.02. The molecular weight excluding hydrogens is 439 g/mol. The van der Waals surface area contributed by atoms with E-state index >= 15 is 0 Å². The van der Waals surface area contributed by atoms with Crippen molar-refractivity contribution >= 4 is 36.1 Å². The molecule has 1 unspecified atom stereocenters. The summed E-state index contributed by atoms with van der Waals surface area (Å²) in [6.07, 6.45) is -0.428. The maximum absolute atomic E-state index is 12.2. The highest BCUT2D eigenvalue weighted by Gasteiger charge is 2.32. The molecule has 0 aliphatic carbocycles. The average molecular weight is 467 g/mol. The minimum Gasteiger partial charge on any atom is -0.483 e. The molecule has 0 radical (unpaired) electrons. The maximum atomic E-state index is 12.2. The van der Waals surface area contributed by atoms with Gasteiger partial charge in [0.2, 0.25) is 0 Å². The number of carbonyl (C=O) groups is 1. The molecule has 1 aliphatic heterocycles. The lowest BCUT2D eigenvalue weighted by atomic mass is 10.0. The van der Waals surface area contributed by atoms with E-state index in [-0.39, 0.29) is 5.60 Å². The van der Waals surface area contributed by atoms with Gasteiger partial charge < -0.3 is 19.3 Å². The topological polar surface area (TPSA) is 68.8 Å². The van der Waals surface area contributed by atoms with Gasteiger partial charge in [0, 0.05) is 18.1 Å². The highest BCUT2D eigenvalue weighted by atomic mass is 32.4. The standard InChI is InChI=1S/C21H27N2O4PS2/c1-4-28(29,27-17-10-6-5-7-11-17)14-23-30-15-22-20(24)25-18-12-8-9-16-13-21(2,3)26-19(16)18/h5-12,23H,4,13-15H2,1-3H3,(H,22,24). The summed E-state index contributed by atoms with van der Waals surface area (Å²) in [6, 6.07) is 15.2. The Morgan fingerprint density at radius 1 is 1.23 bits per heavy atom. The molecule has 2 aromatic carbocycles. The molecule has 1 aliphatic rings. The molecule has 0 saturated carbocycles. The van der Waals surface area contributed by atoms with Crippen molar-refractivity contribution in [2.24, 2.45) is 0 Å². The number of amides is 1. The molecule has 1 heterocycles. The Morgan fingerprint density at radius 2 is 2.00 bits per heavy atom. The van der Waals surface area contributed by atoms with Crippen LogP contribution in [0.25, 0.3) is 0 Å². The third kappa shape index (κ3) is 6.38. The summed E-state index contributed by atoms with van der Waals surface area (Å²) < 4.78 is 20.6. The Bertz CT molecular complexity index is 924. The van der Waals surface area contributed by atoms with E-state index in [2.05, 4.69) is 10.0 Å².